The number of esters is 3. The van der Waals surface area contributed by atoms with Crippen molar-refractivity contribution in [1.29, 1.82) is 0 Å². The summed E-state index contributed by atoms with van der Waals surface area (Å²) in [5.41, 5.74) is 0. The molecule has 2 rings (SSSR count). The van der Waals surface area contributed by atoms with Crippen molar-refractivity contribution in [3.05, 3.63) is 0 Å². The van der Waals surface area contributed by atoms with E-state index in [1.165, 1.54) is 34.8 Å². The number of hydrogen-bond acceptors (Lipinski definition) is 10. The molecule has 0 spiro atoms. The van der Waals surface area contributed by atoms with Gasteiger partial charge in [-0.05, 0) is 0 Å². The Kier molecular flexibility index (Phi) is 5.99. The zero-order chi connectivity index (χ0) is 18.8. The molecule has 2 aliphatic rings. The molecule has 10 heteroatoms. The molecule has 6 atom stereocenters. The molecule has 0 radical (unpaired) electrons. The standard InChI is InChI=1S/C15H22O10/c1-7(16)20-6-10-11(21-8(2)17)12(22-9(3)18)13-14(23-10)25-15(4,19-5)24-13/h10-14H,6H2,1-5H3/t10?,11?,12?,13?,14?,15-/m1/s1. The molecule has 0 bridgehead atoms. The minimum Gasteiger partial charge on any atom is -0.463 e. The maximum atomic E-state index is 11.5. The van der Waals surface area contributed by atoms with E-state index in [0.717, 1.165) is 0 Å². The van der Waals surface area contributed by atoms with Crippen LogP contribution in [0.2, 0.25) is 0 Å². The van der Waals surface area contributed by atoms with Crippen molar-refractivity contribution in [2.24, 2.45) is 0 Å². The largest absolute Gasteiger partial charge is 0.463 e. The predicted octanol–water partition coefficient (Wildman–Crippen LogP) is -0.127. The van der Waals surface area contributed by atoms with Crippen molar-refractivity contribution in [1.82, 2.24) is 0 Å². The normalized spacial score (nSPS) is 37.1. The van der Waals surface area contributed by atoms with Crippen LogP contribution in [0.1, 0.15) is 27.7 Å². The molecule has 2 fully saturated rings. The van der Waals surface area contributed by atoms with Gasteiger partial charge in [0.25, 0.3) is 5.97 Å². The first-order valence-electron chi connectivity index (χ1n) is 7.69. The maximum absolute atomic E-state index is 11.5. The van der Waals surface area contributed by atoms with E-state index >= 15 is 0 Å². The molecule has 2 aliphatic heterocycles. The molecule has 2 saturated heterocycles. The van der Waals surface area contributed by atoms with Crippen LogP contribution in [0.5, 0.6) is 0 Å². The molecule has 0 saturated carbocycles. The van der Waals surface area contributed by atoms with Crippen molar-refractivity contribution in [3.8, 4) is 0 Å². The van der Waals surface area contributed by atoms with Crippen molar-refractivity contribution < 1.29 is 47.5 Å². The lowest BCUT2D eigenvalue weighted by Crippen LogP contribution is -2.60. The Balaban J connectivity index is 2.29. The minimum absolute atomic E-state index is 0.221. The highest BCUT2D eigenvalue weighted by Crippen LogP contribution is 2.39. The summed E-state index contributed by atoms with van der Waals surface area (Å²) in [5, 5.41) is 0. The Morgan fingerprint density at radius 3 is 2.08 bits per heavy atom. The molecule has 0 aliphatic carbocycles. The van der Waals surface area contributed by atoms with E-state index in [2.05, 4.69) is 0 Å². The van der Waals surface area contributed by atoms with E-state index in [9.17, 15) is 14.4 Å². The number of ether oxygens (including phenoxy) is 7. The lowest BCUT2D eigenvalue weighted by molar-refractivity contribution is -0.334. The number of carbonyl (C=O) groups is 3. The van der Waals surface area contributed by atoms with Crippen molar-refractivity contribution in [2.45, 2.75) is 64.4 Å². The lowest BCUT2D eigenvalue weighted by atomic mass is 9.98. The molecule has 0 aromatic rings. The van der Waals surface area contributed by atoms with Crippen molar-refractivity contribution >= 4 is 17.9 Å². The molecule has 0 aromatic heterocycles. The Labute approximate surface area is 144 Å². The zero-order valence-corrected chi connectivity index (χ0v) is 14.7. The third kappa shape index (κ3) is 4.66. The summed E-state index contributed by atoms with van der Waals surface area (Å²) >= 11 is 0. The van der Waals surface area contributed by atoms with Crippen LogP contribution in [0.25, 0.3) is 0 Å². The first-order valence-corrected chi connectivity index (χ1v) is 7.69. The number of rotatable bonds is 5. The Morgan fingerprint density at radius 2 is 1.56 bits per heavy atom. The molecular weight excluding hydrogens is 340 g/mol. The first kappa shape index (κ1) is 19.6. The summed E-state index contributed by atoms with van der Waals surface area (Å²) in [6.45, 7) is 4.93. The van der Waals surface area contributed by atoms with E-state index in [4.69, 9.17) is 33.2 Å². The van der Waals surface area contributed by atoms with Gasteiger partial charge >= 0.3 is 17.9 Å². The van der Waals surface area contributed by atoms with Gasteiger partial charge in [-0.25, -0.2) is 0 Å². The highest BCUT2D eigenvalue weighted by atomic mass is 16.9. The quantitative estimate of drug-likeness (QED) is 0.484. The number of methoxy groups -OCH3 is 1. The molecule has 142 valence electrons. The zero-order valence-electron chi connectivity index (χ0n) is 14.7. The number of fused-ring (bicyclic) bond motifs is 1. The van der Waals surface area contributed by atoms with Gasteiger partial charge in [-0.3, -0.25) is 19.1 Å². The van der Waals surface area contributed by atoms with Crippen LogP contribution >= 0.6 is 0 Å². The van der Waals surface area contributed by atoms with Crippen LogP contribution in [0, 0.1) is 0 Å². The third-order valence-electron chi connectivity index (χ3n) is 3.70. The lowest BCUT2D eigenvalue weighted by Gasteiger charge is -2.40. The second-order valence-electron chi connectivity index (χ2n) is 5.76. The molecule has 5 unspecified atom stereocenters. The molecular formula is C15H22O10. The Morgan fingerprint density at radius 1 is 0.960 bits per heavy atom. The highest BCUT2D eigenvalue weighted by molar-refractivity contribution is 5.67. The van der Waals surface area contributed by atoms with E-state index < -0.39 is 54.6 Å². The summed E-state index contributed by atoms with van der Waals surface area (Å²) in [6.07, 6.45) is -4.86. The van der Waals surface area contributed by atoms with Crippen LogP contribution < -0.4 is 0 Å². The fourth-order valence-electron chi connectivity index (χ4n) is 2.67. The third-order valence-corrected chi connectivity index (χ3v) is 3.70. The SMILES string of the molecule is CO[C@@]1(C)OC2OC(COC(C)=O)C(OC(C)=O)C(OC(C)=O)C2O1. The molecule has 2 heterocycles. The van der Waals surface area contributed by atoms with Crippen molar-refractivity contribution in [3.63, 3.8) is 0 Å². The van der Waals surface area contributed by atoms with E-state index in [0.29, 0.717) is 0 Å². The van der Waals surface area contributed by atoms with Gasteiger partial charge in [-0.15, -0.1) is 0 Å². The highest BCUT2D eigenvalue weighted by Gasteiger charge is 2.59. The van der Waals surface area contributed by atoms with Crippen LogP contribution in [0.15, 0.2) is 0 Å². The fourth-order valence-corrected chi connectivity index (χ4v) is 2.67. The second-order valence-corrected chi connectivity index (χ2v) is 5.76. The predicted molar refractivity (Wildman–Crippen MR) is 77.8 cm³/mol. The molecule has 0 amide bonds. The summed E-state index contributed by atoms with van der Waals surface area (Å²) < 4.78 is 37.6. The average Bonchev–Trinajstić information content (AvgIpc) is 2.84. The van der Waals surface area contributed by atoms with Gasteiger partial charge in [-0.2, -0.15) is 0 Å². The first-order chi connectivity index (χ1) is 11.6. The summed E-state index contributed by atoms with van der Waals surface area (Å²) in [4.78, 5) is 34.1. The topological polar surface area (TPSA) is 116 Å². The van der Waals surface area contributed by atoms with E-state index in [1.54, 1.807) is 0 Å². The average molecular weight is 362 g/mol. The molecule has 0 N–H and O–H groups in total. The summed E-state index contributed by atoms with van der Waals surface area (Å²) in [7, 11) is 1.37. The van der Waals surface area contributed by atoms with Crippen LogP contribution in [0.3, 0.4) is 0 Å². The Bertz CT molecular complexity index is 534. The monoisotopic (exact) mass is 362 g/mol. The summed E-state index contributed by atoms with van der Waals surface area (Å²) in [5.74, 6) is -3.19. The maximum Gasteiger partial charge on any atom is 0.303 e. The van der Waals surface area contributed by atoms with Gasteiger partial charge in [0, 0.05) is 34.8 Å². The summed E-state index contributed by atoms with van der Waals surface area (Å²) in [6, 6.07) is 0. The molecule has 25 heavy (non-hydrogen) atoms. The van der Waals surface area contributed by atoms with Gasteiger partial charge in [0.1, 0.15) is 12.7 Å². The second kappa shape index (κ2) is 7.65. The van der Waals surface area contributed by atoms with Crippen LogP contribution in [-0.2, 0) is 47.5 Å². The van der Waals surface area contributed by atoms with E-state index in [1.807, 2.05) is 0 Å². The molecule has 10 nitrogen and oxygen atoms in total. The number of carbonyl (C=O) groups excluding carboxylic acids is 3. The Hall–Kier alpha value is -1.75. The number of hydrogen-bond donors (Lipinski definition) is 0. The van der Waals surface area contributed by atoms with Gasteiger partial charge in [-0.1, -0.05) is 0 Å². The molecule has 0 aromatic carbocycles. The van der Waals surface area contributed by atoms with Gasteiger partial charge in [0.15, 0.2) is 24.6 Å². The van der Waals surface area contributed by atoms with Gasteiger partial charge in [0.2, 0.25) is 0 Å². The van der Waals surface area contributed by atoms with Gasteiger partial charge in [0.05, 0.1) is 0 Å². The van der Waals surface area contributed by atoms with Gasteiger partial charge < -0.3 is 28.4 Å². The fraction of sp³-hybridized carbons (Fsp3) is 0.800. The smallest absolute Gasteiger partial charge is 0.303 e. The minimum atomic E-state index is -1.43. The van der Waals surface area contributed by atoms with Crippen LogP contribution in [-0.4, -0.2) is 68.3 Å². The van der Waals surface area contributed by atoms with Crippen LogP contribution in [0.4, 0.5) is 0 Å². The van der Waals surface area contributed by atoms with Crippen molar-refractivity contribution in [2.75, 3.05) is 13.7 Å². The van der Waals surface area contributed by atoms with E-state index in [-0.39, 0.29) is 6.61 Å².